The Morgan fingerprint density at radius 2 is 2.30 bits per heavy atom. The lowest BCUT2D eigenvalue weighted by atomic mass is 10.2. The van der Waals surface area contributed by atoms with Crippen LogP contribution in [-0.4, -0.2) is 18.7 Å². The lowest BCUT2D eigenvalue weighted by Gasteiger charge is -2.08. The number of hydrogen-bond acceptors (Lipinski definition) is 4. The lowest BCUT2D eigenvalue weighted by Crippen LogP contribution is -2.26. The predicted octanol–water partition coefficient (Wildman–Crippen LogP) is 3.27. The van der Waals surface area contributed by atoms with E-state index in [1.54, 1.807) is 23.6 Å². The van der Waals surface area contributed by atoms with Crippen LogP contribution in [0.1, 0.15) is 10.4 Å². The Bertz CT molecular complexity index is 611. The van der Waals surface area contributed by atoms with Gasteiger partial charge in [-0.15, -0.1) is 11.3 Å². The van der Waals surface area contributed by atoms with Gasteiger partial charge in [0.25, 0.3) is 5.91 Å². The fourth-order valence-corrected chi connectivity index (χ4v) is 2.38. The molecule has 0 bridgehead atoms. The molecule has 20 heavy (non-hydrogen) atoms. The van der Waals surface area contributed by atoms with Gasteiger partial charge in [0, 0.05) is 15.6 Å². The smallest absolute Gasteiger partial charge is 0.259 e. The first-order valence-electron chi connectivity index (χ1n) is 6.00. The monoisotopic (exact) mass is 307 g/mol. The van der Waals surface area contributed by atoms with Crippen molar-refractivity contribution in [2.75, 3.05) is 11.9 Å². The summed E-state index contributed by atoms with van der Waals surface area (Å²) < 4.78 is 0. The van der Waals surface area contributed by atoms with Crippen LogP contribution in [0, 0.1) is 6.92 Å². The van der Waals surface area contributed by atoms with Gasteiger partial charge in [-0.05, 0) is 42.1 Å². The van der Waals surface area contributed by atoms with Gasteiger partial charge in [-0.3, -0.25) is 4.79 Å². The normalized spacial score (nSPS) is 10.7. The number of nitrogens with one attached hydrogen (secondary N) is 2. The number of aryl methyl sites for hydroxylation is 1. The third-order valence-electron chi connectivity index (χ3n) is 2.55. The summed E-state index contributed by atoms with van der Waals surface area (Å²) in [6.45, 7) is 2.09. The highest BCUT2D eigenvalue weighted by Gasteiger charge is 2.02. The Balaban J connectivity index is 1.80. The second-order valence-corrected chi connectivity index (χ2v) is 5.54. The van der Waals surface area contributed by atoms with E-state index in [-0.39, 0.29) is 12.5 Å². The Hall–Kier alpha value is -1.85. The number of rotatable bonds is 5. The number of halogens is 1. The molecule has 0 fully saturated rings. The highest BCUT2D eigenvalue weighted by atomic mass is 35.5. The van der Waals surface area contributed by atoms with Crippen molar-refractivity contribution >= 4 is 40.7 Å². The Morgan fingerprint density at radius 3 is 3.00 bits per heavy atom. The van der Waals surface area contributed by atoms with Gasteiger partial charge in [-0.2, -0.15) is 5.10 Å². The third-order valence-corrected chi connectivity index (χ3v) is 3.59. The van der Waals surface area contributed by atoms with Gasteiger partial charge in [0.15, 0.2) is 0 Å². The van der Waals surface area contributed by atoms with Crippen molar-refractivity contribution in [3.63, 3.8) is 0 Å². The molecule has 0 unspecified atom stereocenters. The highest BCUT2D eigenvalue weighted by molar-refractivity contribution is 7.11. The molecule has 1 amide bonds. The molecule has 2 rings (SSSR count). The number of hydrogen-bond donors (Lipinski definition) is 2. The maximum atomic E-state index is 11.6. The van der Waals surface area contributed by atoms with E-state index in [1.165, 1.54) is 0 Å². The van der Waals surface area contributed by atoms with Gasteiger partial charge in [0.2, 0.25) is 0 Å². The Labute approximate surface area is 126 Å². The SMILES string of the molecule is Cc1cc(Cl)ccc1NCC(=O)N/N=C/c1cccs1. The first-order valence-corrected chi connectivity index (χ1v) is 7.26. The molecule has 0 aliphatic heterocycles. The van der Waals surface area contributed by atoms with Crippen molar-refractivity contribution < 1.29 is 4.79 Å². The second-order valence-electron chi connectivity index (χ2n) is 4.12. The first-order chi connectivity index (χ1) is 9.65. The molecule has 2 N–H and O–H groups in total. The molecule has 1 heterocycles. The van der Waals surface area contributed by atoms with Crippen molar-refractivity contribution in [3.05, 3.63) is 51.2 Å². The summed E-state index contributed by atoms with van der Waals surface area (Å²) in [6.07, 6.45) is 1.62. The van der Waals surface area contributed by atoms with E-state index >= 15 is 0 Å². The molecule has 0 radical (unpaired) electrons. The van der Waals surface area contributed by atoms with Crippen LogP contribution in [0.4, 0.5) is 5.69 Å². The molecular formula is C14H14ClN3OS. The highest BCUT2D eigenvalue weighted by Crippen LogP contribution is 2.19. The van der Waals surface area contributed by atoms with Crippen LogP contribution in [0.3, 0.4) is 0 Å². The number of thiophene rings is 1. The van der Waals surface area contributed by atoms with E-state index in [1.807, 2.05) is 36.6 Å². The van der Waals surface area contributed by atoms with Gasteiger partial charge in [-0.25, -0.2) is 5.43 Å². The number of carbonyl (C=O) groups is 1. The summed E-state index contributed by atoms with van der Waals surface area (Å²) in [5, 5.41) is 9.56. The first kappa shape index (κ1) is 14.6. The number of hydrazone groups is 1. The molecule has 104 valence electrons. The molecular weight excluding hydrogens is 294 g/mol. The Morgan fingerprint density at radius 1 is 1.45 bits per heavy atom. The average molecular weight is 308 g/mol. The van der Waals surface area contributed by atoms with Crippen molar-refractivity contribution in [2.45, 2.75) is 6.92 Å². The zero-order chi connectivity index (χ0) is 14.4. The fourth-order valence-electron chi connectivity index (χ4n) is 1.57. The molecule has 2 aromatic rings. The van der Waals surface area contributed by atoms with Gasteiger partial charge in [0.05, 0.1) is 12.8 Å². The van der Waals surface area contributed by atoms with Crippen LogP contribution in [-0.2, 0) is 4.79 Å². The number of amides is 1. The van der Waals surface area contributed by atoms with E-state index in [0.717, 1.165) is 16.1 Å². The number of nitrogens with zero attached hydrogens (tertiary/aromatic N) is 1. The van der Waals surface area contributed by atoms with Crippen LogP contribution in [0.2, 0.25) is 5.02 Å². The molecule has 1 aromatic heterocycles. The average Bonchev–Trinajstić information content (AvgIpc) is 2.91. The minimum Gasteiger partial charge on any atom is -0.376 e. The van der Waals surface area contributed by atoms with Crippen LogP contribution < -0.4 is 10.7 Å². The summed E-state index contributed by atoms with van der Waals surface area (Å²) >= 11 is 7.43. The maximum absolute atomic E-state index is 11.6. The zero-order valence-corrected chi connectivity index (χ0v) is 12.5. The van der Waals surface area contributed by atoms with Gasteiger partial charge in [-0.1, -0.05) is 17.7 Å². The van der Waals surface area contributed by atoms with E-state index in [4.69, 9.17) is 11.6 Å². The molecule has 0 aliphatic rings. The largest absolute Gasteiger partial charge is 0.376 e. The van der Waals surface area contributed by atoms with Gasteiger partial charge >= 0.3 is 0 Å². The van der Waals surface area contributed by atoms with E-state index in [9.17, 15) is 4.79 Å². The topological polar surface area (TPSA) is 53.5 Å². The summed E-state index contributed by atoms with van der Waals surface area (Å²) in [4.78, 5) is 12.6. The summed E-state index contributed by atoms with van der Waals surface area (Å²) in [5.74, 6) is -0.202. The molecule has 1 aromatic carbocycles. The summed E-state index contributed by atoms with van der Waals surface area (Å²) in [7, 11) is 0. The standard InChI is InChI=1S/C14H14ClN3OS/c1-10-7-11(15)4-5-13(10)16-9-14(19)18-17-8-12-3-2-6-20-12/h2-8,16H,9H2,1H3,(H,18,19)/b17-8+. The molecule has 0 aliphatic carbocycles. The van der Waals surface area contributed by atoms with Crippen LogP contribution in [0.15, 0.2) is 40.8 Å². The summed E-state index contributed by atoms with van der Waals surface area (Å²) in [5.41, 5.74) is 4.34. The van der Waals surface area contributed by atoms with Crippen molar-refractivity contribution in [3.8, 4) is 0 Å². The number of carbonyl (C=O) groups excluding carboxylic acids is 1. The fraction of sp³-hybridized carbons (Fsp3) is 0.143. The molecule has 0 atom stereocenters. The zero-order valence-electron chi connectivity index (χ0n) is 10.9. The molecule has 0 saturated carbocycles. The van der Waals surface area contributed by atoms with Gasteiger partial charge in [0.1, 0.15) is 0 Å². The van der Waals surface area contributed by atoms with Crippen LogP contribution >= 0.6 is 22.9 Å². The third kappa shape index (κ3) is 4.36. The lowest BCUT2D eigenvalue weighted by molar-refractivity contribution is -0.119. The minimum atomic E-state index is -0.202. The van der Waals surface area contributed by atoms with Crippen molar-refractivity contribution in [2.24, 2.45) is 5.10 Å². The summed E-state index contributed by atoms with van der Waals surface area (Å²) in [6, 6.07) is 9.33. The van der Waals surface area contributed by atoms with Crippen LogP contribution in [0.5, 0.6) is 0 Å². The van der Waals surface area contributed by atoms with E-state index in [2.05, 4.69) is 15.8 Å². The Kier molecular flexibility index (Phi) is 5.15. The van der Waals surface area contributed by atoms with Crippen molar-refractivity contribution in [1.29, 1.82) is 0 Å². The molecule has 4 nitrogen and oxygen atoms in total. The number of anilines is 1. The maximum Gasteiger partial charge on any atom is 0.259 e. The predicted molar refractivity (Wildman–Crippen MR) is 84.7 cm³/mol. The second kappa shape index (κ2) is 7.07. The van der Waals surface area contributed by atoms with Crippen LogP contribution in [0.25, 0.3) is 0 Å². The van der Waals surface area contributed by atoms with Gasteiger partial charge < -0.3 is 5.32 Å². The molecule has 0 saturated heterocycles. The number of benzene rings is 1. The quantitative estimate of drug-likeness (QED) is 0.658. The minimum absolute atomic E-state index is 0.157. The molecule has 0 spiro atoms. The van der Waals surface area contributed by atoms with E-state index in [0.29, 0.717) is 5.02 Å². The van der Waals surface area contributed by atoms with Crippen molar-refractivity contribution in [1.82, 2.24) is 5.43 Å². The van der Waals surface area contributed by atoms with E-state index < -0.39 is 0 Å². The molecule has 6 heteroatoms.